The molecule has 1 aliphatic rings. The largest absolute Gasteiger partial charge is 0.493 e. The Balaban J connectivity index is 1.24. The lowest BCUT2D eigenvalue weighted by Crippen LogP contribution is -2.37. The molecule has 1 fully saturated rings. The summed E-state index contributed by atoms with van der Waals surface area (Å²) >= 11 is 0. The van der Waals surface area contributed by atoms with Gasteiger partial charge in [-0.15, -0.1) is 0 Å². The van der Waals surface area contributed by atoms with Gasteiger partial charge in [0.2, 0.25) is 5.88 Å². The van der Waals surface area contributed by atoms with Gasteiger partial charge in [0, 0.05) is 6.07 Å². The maximum absolute atomic E-state index is 13.1. The van der Waals surface area contributed by atoms with Crippen LogP contribution in [0.25, 0.3) is 11.5 Å². The summed E-state index contributed by atoms with van der Waals surface area (Å²) in [5, 5.41) is 12.6. The highest BCUT2D eigenvalue weighted by Gasteiger charge is 2.31. The van der Waals surface area contributed by atoms with E-state index in [4.69, 9.17) is 14.0 Å². The molecular formula is C18H16FN3O4. The first-order chi connectivity index (χ1) is 12.7. The summed E-state index contributed by atoms with van der Waals surface area (Å²) in [7, 11) is 0. The number of halogens is 1. The molecule has 1 N–H and O–H groups in total. The molecule has 0 amide bonds. The van der Waals surface area contributed by atoms with Gasteiger partial charge in [-0.1, -0.05) is 6.07 Å². The van der Waals surface area contributed by atoms with Crippen LogP contribution in [0.1, 0.15) is 12.8 Å². The summed E-state index contributed by atoms with van der Waals surface area (Å²) in [4.78, 5) is 8.37. The van der Waals surface area contributed by atoms with E-state index >= 15 is 0 Å². The number of ether oxygens (including phenoxy) is 2. The van der Waals surface area contributed by atoms with Crippen molar-refractivity contribution in [1.29, 1.82) is 0 Å². The van der Waals surface area contributed by atoms with E-state index in [1.54, 1.807) is 12.1 Å². The van der Waals surface area contributed by atoms with Crippen molar-refractivity contribution < 1.29 is 23.5 Å². The Kier molecular flexibility index (Phi) is 4.39. The second-order valence-electron chi connectivity index (χ2n) is 6.13. The van der Waals surface area contributed by atoms with Gasteiger partial charge in [0.15, 0.2) is 5.76 Å². The van der Waals surface area contributed by atoms with E-state index in [1.165, 1.54) is 30.6 Å². The van der Waals surface area contributed by atoms with Crippen LogP contribution in [-0.2, 0) is 0 Å². The number of aromatic hydroxyl groups is 1. The lowest BCUT2D eigenvalue weighted by atomic mass is 9.83. The Labute approximate surface area is 148 Å². The van der Waals surface area contributed by atoms with E-state index < -0.39 is 0 Å². The lowest BCUT2D eigenvalue weighted by Gasteiger charge is -2.34. The Hall–Kier alpha value is -3.16. The topological polar surface area (TPSA) is 90.5 Å². The van der Waals surface area contributed by atoms with Crippen LogP contribution in [0.3, 0.4) is 0 Å². The van der Waals surface area contributed by atoms with Gasteiger partial charge in [0.05, 0.1) is 25.1 Å². The first-order valence-electron chi connectivity index (χ1n) is 8.19. The Morgan fingerprint density at radius 2 is 2.08 bits per heavy atom. The van der Waals surface area contributed by atoms with Crippen LogP contribution in [0.5, 0.6) is 17.5 Å². The molecule has 8 heteroatoms. The van der Waals surface area contributed by atoms with E-state index in [1.807, 2.05) is 0 Å². The highest BCUT2D eigenvalue weighted by Crippen LogP contribution is 2.31. The van der Waals surface area contributed by atoms with Crippen molar-refractivity contribution in [3.63, 3.8) is 0 Å². The average Bonchev–Trinajstić information content (AvgIpc) is 3.04. The van der Waals surface area contributed by atoms with Crippen LogP contribution < -0.4 is 9.47 Å². The molecule has 134 valence electrons. The summed E-state index contributed by atoms with van der Waals surface area (Å²) in [5.41, 5.74) is 0.458. The molecule has 3 aromatic rings. The lowest BCUT2D eigenvalue weighted by molar-refractivity contribution is 0.0352. The first-order valence-corrected chi connectivity index (χ1v) is 8.19. The number of nitrogens with zero attached hydrogens (tertiary/aromatic N) is 3. The highest BCUT2D eigenvalue weighted by atomic mass is 19.1. The second kappa shape index (κ2) is 6.99. The number of aromatic nitrogens is 3. The van der Waals surface area contributed by atoms with Crippen LogP contribution in [0.15, 0.2) is 47.2 Å². The van der Waals surface area contributed by atoms with Gasteiger partial charge in [-0.3, -0.25) is 0 Å². The number of rotatable bonds is 6. The molecule has 2 aromatic heterocycles. The van der Waals surface area contributed by atoms with Crippen molar-refractivity contribution >= 4 is 0 Å². The minimum Gasteiger partial charge on any atom is -0.493 e. The zero-order chi connectivity index (χ0) is 17.9. The third-order valence-electron chi connectivity index (χ3n) is 4.14. The molecular weight excluding hydrogens is 341 g/mol. The molecule has 0 aliphatic heterocycles. The van der Waals surface area contributed by atoms with E-state index in [-0.39, 0.29) is 17.8 Å². The predicted molar refractivity (Wildman–Crippen MR) is 88.2 cm³/mol. The minimum absolute atomic E-state index is 0.0607. The Morgan fingerprint density at radius 3 is 2.77 bits per heavy atom. The predicted octanol–water partition coefficient (Wildman–Crippen LogP) is 3.21. The number of hydrogen-bond acceptors (Lipinski definition) is 7. The Morgan fingerprint density at radius 1 is 1.19 bits per heavy atom. The van der Waals surface area contributed by atoms with Crippen molar-refractivity contribution in [2.24, 2.45) is 5.92 Å². The number of benzene rings is 1. The van der Waals surface area contributed by atoms with Crippen molar-refractivity contribution in [1.82, 2.24) is 15.1 Å². The van der Waals surface area contributed by atoms with E-state index in [9.17, 15) is 9.50 Å². The average molecular weight is 357 g/mol. The summed E-state index contributed by atoms with van der Waals surface area (Å²) < 4.78 is 29.4. The summed E-state index contributed by atoms with van der Waals surface area (Å²) in [5.74, 6) is 1.15. The van der Waals surface area contributed by atoms with E-state index in [0.29, 0.717) is 35.6 Å². The molecule has 1 saturated carbocycles. The fourth-order valence-electron chi connectivity index (χ4n) is 2.74. The molecule has 26 heavy (non-hydrogen) atoms. The maximum atomic E-state index is 13.1. The van der Waals surface area contributed by atoms with Gasteiger partial charge in [-0.2, -0.15) is 0 Å². The Bertz CT molecular complexity index is 878. The maximum Gasteiger partial charge on any atom is 0.252 e. The molecule has 4 rings (SSSR count). The quantitative estimate of drug-likeness (QED) is 0.724. The van der Waals surface area contributed by atoms with E-state index in [0.717, 1.165) is 12.8 Å². The zero-order valence-corrected chi connectivity index (χ0v) is 13.7. The smallest absolute Gasteiger partial charge is 0.252 e. The van der Waals surface area contributed by atoms with E-state index in [2.05, 4.69) is 15.1 Å². The summed E-state index contributed by atoms with van der Waals surface area (Å²) in [6, 6.07) is 7.48. The molecule has 0 atom stereocenters. The van der Waals surface area contributed by atoms with Crippen molar-refractivity contribution in [3.05, 3.63) is 48.5 Å². The van der Waals surface area contributed by atoms with Crippen molar-refractivity contribution in [2.75, 3.05) is 6.61 Å². The zero-order valence-electron chi connectivity index (χ0n) is 13.7. The molecule has 7 nitrogen and oxygen atoms in total. The molecule has 0 radical (unpaired) electrons. The fourth-order valence-corrected chi connectivity index (χ4v) is 2.74. The third-order valence-corrected chi connectivity index (χ3v) is 4.14. The molecule has 0 saturated heterocycles. The standard InChI is InChI=1S/C18H16FN3O4/c19-12-2-1-3-13(6-12)24-10-11-4-14(5-11)25-18-9-20-15(8-21-18)16-7-17(23)22-26-16/h1-3,6-9,11,14H,4-5,10H2,(H,22,23)/t11-,14+. The van der Waals surface area contributed by atoms with Crippen LogP contribution in [0, 0.1) is 11.7 Å². The molecule has 0 spiro atoms. The molecule has 0 unspecified atom stereocenters. The van der Waals surface area contributed by atoms with Gasteiger partial charge in [-0.25, -0.2) is 14.4 Å². The highest BCUT2D eigenvalue weighted by molar-refractivity contribution is 5.51. The first kappa shape index (κ1) is 16.3. The normalized spacial score (nSPS) is 19.0. The van der Waals surface area contributed by atoms with Crippen molar-refractivity contribution in [3.8, 4) is 29.0 Å². The van der Waals surface area contributed by atoms with Crippen LogP contribution in [0.4, 0.5) is 4.39 Å². The van der Waals surface area contributed by atoms with Crippen LogP contribution >= 0.6 is 0 Å². The van der Waals surface area contributed by atoms with Gasteiger partial charge in [0.1, 0.15) is 23.4 Å². The number of hydrogen-bond donors (Lipinski definition) is 1. The third kappa shape index (κ3) is 3.74. The van der Waals surface area contributed by atoms with Gasteiger partial charge in [0.25, 0.3) is 5.88 Å². The van der Waals surface area contributed by atoms with Crippen LogP contribution in [0.2, 0.25) is 0 Å². The SMILES string of the molecule is Oc1cc(-c2cnc(O[C@H]3C[C@@H](COc4cccc(F)c4)C3)cn2)on1. The van der Waals surface area contributed by atoms with Gasteiger partial charge in [-0.05, 0) is 36.0 Å². The minimum atomic E-state index is -0.306. The molecule has 0 bridgehead atoms. The van der Waals surface area contributed by atoms with Crippen LogP contribution in [-0.4, -0.2) is 32.9 Å². The second-order valence-corrected chi connectivity index (χ2v) is 6.13. The fraction of sp³-hybridized carbons (Fsp3) is 0.278. The van der Waals surface area contributed by atoms with Crippen molar-refractivity contribution in [2.45, 2.75) is 18.9 Å². The molecule has 1 aromatic carbocycles. The monoisotopic (exact) mass is 357 g/mol. The summed E-state index contributed by atoms with van der Waals surface area (Å²) in [6.07, 6.45) is 4.75. The van der Waals surface area contributed by atoms with Gasteiger partial charge < -0.3 is 19.1 Å². The van der Waals surface area contributed by atoms with Gasteiger partial charge >= 0.3 is 0 Å². The summed E-state index contributed by atoms with van der Waals surface area (Å²) in [6.45, 7) is 0.531. The molecule has 2 heterocycles. The molecule has 1 aliphatic carbocycles.